The van der Waals surface area contributed by atoms with Crippen molar-refractivity contribution in [2.24, 2.45) is 0 Å². The first-order chi connectivity index (χ1) is 9.99. The fourth-order valence-corrected chi connectivity index (χ4v) is 2.09. The minimum Gasteiger partial charge on any atom is -0.497 e. The normalized spacial score (nSPS) is 10.2. The number of halogens is 1. The summed E-state index contributed by atoms with van der Waals surface area (Å²) in [6, 6.07) is 8.03. The summed E-state index contributed by atoms with van der Waals surface area (Å²) in [4.78, 5) is 23.6. The summed E-state index contributed by atoms with van der Waals surface area (Å²) in [6.07, 6.45) is 1.43. The van der Waals surface area contributed by atoms with Crippen molar-refractivity contribution in [3.63, 3.8) is 0 Å². The summed E-state index contributed by atoms with van der Waals surface area (Å²) in [6.45, 7) is -0.118. The second kappa shape index (κ2) is 6.45. The molecular formula is C14H14BrN3O3. The minimum atomic E-state index is -0.336. The molecule has 2 rings (SSSR count). The standard InChI is InChI=1S/C14H14BrN3O3/c1-21-10-3-4-11(15)12(6-10)17-13(19)8-18-7-9(16)2-5-14(18)20/h2-7H,8,16H2,1H3,(H,17,19). The van der Waals surface area contributed by atoms with Crippen LogP contribution in [0.5, 0.6) is 5.75 Å². The molecule has 0 aliphatic rings. The molecule has 1 aromatic carbocycles. The number of nitrogen functional groups attached to an aromatic ring is 1. The molecule has 3 N–H and O–H groups in total. The van der Waals surface area contributed by atoms with Gasteiger partial charge < -0.3 is 20.4 Å². The van der Waals surface area contributed by atoms with E-state index in [4.69, 9.17) is 10.5 Å². The van der Waals surface area contributed by atoms with Gasteiger partial charge in [0.15, 0.2) is 0 Å². The number of nitrogens with zero attached hydrogens (tertiary/aromatic N) is 1. The molecule has 2 aromatic rings. The van der Waals surface area contributed by atoms with Crippen LogP contribution >= 0.6 is 15.9 Å². The SMILES string of the molecule is COc1ccc(Br)c(NC(=O)Cn2cc(N)ccc2=O)c1. The van der Waals surface area contributed by atoms with Gasteiger partial charge in [-0.2, -0.15) is 0 Å². The molecule has 0 atom stereocenters. The maximum atomic E-state index is 12.0. The van der Waals surface area contributed by atoms with Gasteiger partial charge in [-0.1, -0.05) is 0 Å². The number of aromatic nitrogens is 1. The van der Waals surface area contributed by atoms with Crippen molar-refractivity contribution in [3.8, 4) is 5.75 Å². The number of benzene rings is 1. The zero-order chi connectivity index (χ0) is 15.4. The Kier molecular flexibility index (Phi) is 4.64. The van der Waals surface area contributed by atoms with E-state index in [1.54, 1.807) is 25.3 Å². The van der Waals surface area contributed by atoms with Gasteiger partial charge in [-0.05, 0) is 34.1 Å². The second-order valence-corrected chi connectivity index (χ2v) is 5.18. The number of rotatable bonds is 4. The molecule has 1 aromatic heterocycles. The Morgan fingerprint density at radius 2 is 2.14 bits per heavy atom. The van der Waals surface area contributed by atoms with Crippen LogP contribution in [0.2, 0.25) is 0 Å². The lowest BCUT2D eigenvalue weighted by atomic mass is 10.3. The van der Waals surface area contributed by atoms with Crippen LogP contribution in [0.25, 0.3) is 0 Å². The largest absolute Gasteiger partial charge is 0.497 e. The van der Waals surface area contributed by atoms with Gasteiger partial charge in [0, 0.05) is 28.5 Å². The highest BCUT2D eigenvalue weighted by Gasteiger charge is 2.09. The third-order valence-corrected chi connectivity index (χ3v) is 3.46. The van der Waals surface area contributed by atoms with Gasteiger partial charge in [0.25, 0.3) is 5.56 Å². The quantitative estimate of drug-likeness (QED) is 0.879. The summed E-state index contributed by atoms with van der Waals surface area (Å²) in [5.74, 6) is 0.284. The Labute approximate surface area is 129 Å². The maximum absolute atomic E-state index is 12.0. The van der Waals surface area contributed by atoms with Crippen LogP contribution in [0.4, 0.5) is 11.4 Å². The van der Waals surface area contributed by atoms with Crippen LogP contribution in [0.1, 0.15) is 0 Å². The highest BCUT2D eigenvalue weighted by Crippen LogP contribution is 2.27. The summed E-state index contributed by atoms with van der Waals surface area (Å²) < 4.78 is 7.07. The van der Waals surface area contributed by atoms with Crippen molar-refractivity contribution in [2.75, 3.05) is 18.2 Å². The van der Waals surface area contributed by atoms with Crippen LogP contribution < -0.4 is 21.3 Å². The molecule has 0 radical (unpaired) electrons. The summed E-state index contributed by atoms with van der Waals surface area (Å²) >= 11 is 3.34. The molecule has 110 valence electrons. The highest BCUT2D eigenvalue weighted by molar-refractivity contribution is 9.10. The number of carbonyl (C=O) groups excluding carboxylic acids is 1. The number of carbonyl (C=O) groups is 1. The average Bonchev–Trinajstić information content (AvgIpc) is 2.45. The fourth-order valence-electron chi connectivity index (χ4n) is 1.75. The van der Waals surface area contributed by atoms with E-state index in [2.05, 4.69) is 21.2 Å². The Balaban J connectivity index is 2.15. The van der Waals surface area contributed by atoms with E-state index >= 15 is 0 Å². The maximum Gasteiger partial charge on any atom is 0.251 e. The number of hydrogen-bond donors (Lipinski definition) is 2. The molecule has 0 aliphatic carbocycles. The molecule has 0 unspecified atom stereocenters. The van der Waals surface area contributed by atoms with Gasteiger partial charge in [0.1, 0.15) is 12.3 Å². The molecule has 0 fully saturated rings. The first-order valence-corrected chi connectivity index (χ1v) is 6.88. The molecule has 0 saturated heterocycles. The number of ether oxygens (including phenoxy) is 1. The predicted octanol–water partition coefficient (Wildman–Crippen LogP) is 1.84. The van der Waals surface area contributed by atoms with Crippen LogP contribution in [-0.2, 0) is 11.3 Å². The van der Waals surface area contributed by atoms with Crippen LogP contribution in [0.15, 0.2) is 45.8 Å². The van der Waals surface area contributed by atoms with Crippen molar-refractivity contribution < 1.29 is 9.53 Å². The van der Waals surface area contributed by atoms with Gasteiger partial charge in [-0.3, -0.25) is 9.59 Å². The number of hydrogen-bond acceptors (Lipinski definition) is 4. The van der Waals surface area contributed by atoms with Crippen LogP contribution in [0.3, 0.4) is 0 Å². The predicted molar refractivity (Wildman–Crippen MR) is 84.4 cm³/mol. The molecule has 1 heterocycles. The van der Waals surface area contributed by atoms with E-state index < -0.39 is 0 Å². The number of anilines is 2. The number of methoxy groups -OCH3 is 1. The van der Waals surface area contributed by atoms with Crippen molar-refractivity contribution in [3.05, 3.63) is 51.4 Å². The Hall–Kier alpha value is -2.28. The van der Waals surface area contributed by atoms with Gasteiger partial charge in [-0.25, -0.2) is 0 Å². The van der Waals surface area contributed by atoms with E-state index in [-0.39, 0.29) is 18.0 Å². The molecule has 0 saturated carbocycles. The molecule has 21 heavy (non-hydrogen) atoms. The summed E-state index contributed by atoms with van der Waals surface area (Å²) in [5.41, 5.74) is 6.30. The van der Waals surface area contributed by atoms with Gasteiger partial charge in [0.05, 0.1) is 12.8 Å². The third kappa shape index (κ3) is 3.85. The second-order valence-electron chi connectivity index (χ2n) is 4.32. The topological polar surface area (TPSA) is 86.3 Å². The lowest BCUT2D eigenvalue weighted by Crippen LogP contribution is -2.27. The first kappa shape index (κ1) is 15.1. The number of nitrogens with two attached hydrogens (primary N) is 1. The molecule has 7 heteroatoms. The third-order valence-electron chi connectivity index (χ3n) is 2.77. The lowest BCUT2D eigenvalue weighted by Gasteiger charge is -2.10. The highest BCUT2D eigenvalue weighted by atomic mass is 79.9. The Morgan fingerprint density at radius 1 is 1.38 bits per heavy atom. The minimum absolute atomic E-state index is 0.118. The summed E-state index contributed by atoms with van der Waals surface area (Å²) in [7, 11) is 1.54. The molecule has 1 amide bonds. The van der Waals surface area contributed by atoms with Crippen LogP contribution in [0, 0.1) is 0 Å². The summed E-state index contributed by atoms with van der Waals surface area (Å²) in [5, 5.41) is 2.71. The number of amides is 1. The van der Waals surface area contributed by atoms with Crippen molar-refractivity contribution in [1.29, 1.82) is 0 Å². The van der Waals surface area contributed by atoms with Gasteiger partial charge in [-0.15, -0.1) is 0 Å². The average molecular weight is 352 g/mol. The smallest absolute Gasteiger partial charge is 0.251 e. The monoisotopic (exact) mass is 351 g/mol. The Morgan fingerprint density at radius 3 is 2.86 bits per heavy atom. The van der Waals surface area contributed by atoms with E-state index in [9.17, 15) is 9.59 Å². The zero-order valence-electron chi connectivity index (χ0n) is 11.3. The van der Waals surface area contributed by atoms with Gasteiger partial charge >= 0.3 is 0 Å². The zero-order valence-corrected chi connectivity index (χ0v) is 12.9. The van der Waals surface area contributed by atoms with Crippen molar-refractivity contribution >= 4 is 33.2 Å². The van der Waals surface area contributed by atoms with E-state index in [1.807, 2.05) is 0 Å². The molecule has 0 bridgehead atoms. The van der Waals surface area contributed by atoms with E-state index in [0.717, 1.165) is 4.47 Å². The molecular weight excluding hydrogens is 338 g/mol. The number of nitrogens with one attached hydrogen (secondary N) is 1. The van der Waals surface area contributed by atoms with E-state index in [0.29, 0.717) is 17.1 Å². The Bertz CT molecular complexity index is 728. The molecule has 0 aliphatic heterocycles. The van der Waals surface area contributed by atoms with Crippen molar-refractivity contribution in [2.45, 2.75) is 6.54 Å². The van der Waals surface area contributed by atoms with Gasteiger partial charge in [0.2, 0.25) is 5.91 Å². The lowest BCUT2D eigenvalue weighted by molar-refractivity contribution is -0.116. The van der Waals surface area contributed by atoms with E-state index in [1.165, 1.54) is 22.9 Å². The molecule has 0 spiro atoms. The van der Waals surface area contributed by atoms with Crippen LogP contribution in [-0.4, -0.2) is 17.6 Å². The number of pyridine rings is 1. The first-order valence-electron chi connectivity index (χ1n) is 6.09. The fraction of sp³-hybridized carbons (Fsp3) is 0.143. The molecule has 6 nitrogen and oxygen atoms in total. The van der Waals surface area contributed by atoms with Crippen molar-refractivity contribution in [1.82, 2.24) is 4.57 Å².